The highest BCUT2D eigenvalue weighted by atomic mass is 32.2. The molecule has 20 heavy (non-hydrogen) atoms. The summed E-state index contributed by atoms with van der Waals surface area (Å²) in [6, 6.07) is 13.8. The monoisotopic (exact) mass is 290 g/mol. The predicted molar refractivity (Wildman–Crippen MR) is 79.4 cm³/mol. The third-order valence-corrected chi connectivity index (χ3v) is 4.26. The average Bonchev–Trinajstić information content (AvgIpc) is 2.43. The molecule has 0 aliphatic rings. The third-order valence-electron chi connectivity index (χ3n) is 3.01. The van der Waals surface area contributed by atoms with Gasteiger partial charge in [0, 0.05) is 0 Å². The van der Waals surface area contributed by atoms with E-state index in [0.717, 1.165) is 18.4 Å². The summed E-state index contributed by atoms with van der Waals surface area (Å²) in [7, 11) is -3.76. The molecule has 2 rings (SSSR count). The van der Waals surface area contributed by atoms with Crippen molar-refractivity contribution < 1.29 is 12.6 Å². The van der Waals surface area contributed by atoms with Crippen molar-refractivity contribution in [1.82, 2.24) is 0 Å². The molecule has 0 fully saturated rings. The van der Waals surface area contributed by atoms with Gasteiger partial charge in [-0.15, -0.1) is 0 Å². The molecule has 0 atom stereocenters. The van der Waals surface area contributed by atoms with Crippen LogP contribution in [0.5, 0.6) is 5.75 Å². The molecular formula is C16H18O3S. The molecule has 0 bridgehead atoms. The largest absolute Gasteiger partial charge is 0.379 e. The van der Waals surface area contributed by atoms with E-state index in [0.29, 0.717) is 5.75 Å². The van der Waals surface area contributed by atoms with Gasteiger partial charge in [0.15, 0.2) is 0 Å². The van der Waals surface area contributed by atoms with Crippen LogP contribution in [0.3, 0.4) is 0 Å². The van der Waals surface area contributed by atoms with E-state index < -0.39 is 10.1 Å². The van der Waals surface area contributed by atoms with Crippen molar-refractivity contribution in [2.24, 2.45) is 0 Å². The second-order valence-corrected chi connectivity index (χ2v) is 6.25. The first-order chi connectivity index (χ1) is 9.53. The highest BCUT2D eigenvalue weighted by Crippen LogP contribution is 2.24. The van der Waals surface area contributed by atoms with Gasteiger partial charge in [-0.1, -0.05) is 43.7 Å². The molecule has 0 aliphatic heterocycles. The normalized spacial score (nSPS) is 11.3. The van der Waals surface area contributed by atoms with Gasteiger partial charge in [-0.25, -0.2) is 0 Å². The SMILES string of the molecule is CCCc1ccc(OS(=O)(=O)c2ccccc2)c(C)c1. The number of hydrogen-bond acceptors (Lipinski definition) is 3. The molecule has 0 N–H and O–H groups in total. The summed E-state index contributed by atoms with van der Waals surface area (Å²) >= 11 is 0. The maximum absolute atomic E-state index is 12.1. The summed E-state index contributed by atoms with van der Waals surface area (Å²) in [4.78, 5) is 0.164. The average molecular weight is 290 g/mol. The summed E-state index contributed by atoms with van der Waals surface area (Å²) in [6.45, 7) is 3.97. The molecule has 0 spiro atoms. The van der Waals surface area contributed by atoms with Crippen LogP contribution < -0.4 is 4.18 Å². The lowest BCUT2D eigenvalue weighted by Crippen LogP contribution is -2.10. The van der Waals surface area contributed by atoms with Gasteiger partial charge in [0.05, 0.1) is 0 Å². The molecule has 0 saturated carbocycles. The fraction of sp³-hybridized carbons (Fsp3) is 0.250. The molecule has 0 aromatic heterocycles. The van der Waals surface area contributed by atoms with Crippen LogP contribution in [0.2, 0.25) is 0 Å². The van der Waals surface area contributed by atoms with E-state index in [-0.39, 0.29) is 4.90 Å². The lowest BCUT2D eigenvalue weighted by atomic mass is 10.1. The molecule has 0 unspecified atom stereocenters. The van der Waals surface area contributed by atoms with Crippen LogP contribution >= 0.6 is 0 Å². The Morgan fingerprint density at radius 1 is 1.05 bits per heavy atom. The van der Waals surface area contributed by atoms with Crippen LogP contribution in [0.25, 0.3) is 0 Å². The van der Waals surface area contributed by atoms with Gasteiger partial charge >= 0.3 is 10.1 Å². The van der Waals surface area contributed by atoms with Crippen molar-refractivity contribution in [1.29, 1.82) is 0 Å². The zero-order chi connectivity index (χ0) is 14.6. The lowest BCUT2D eigenvalue weighted by molar-refractivity contribution is 0.484. The Labute approximate surface area is 120 Å². The molecule has 0 saturated heterocycles. The minimum Gasteiger partial charge on any atom is -0.379 e. The minimum atomic E-state index is -3.76. The van der Waals surface area contributed by atoms with E-state index in [2.05, 4.69) is 6.92 Å². The number of hydrogen-bond donors (Lipinski definition) is 0. The maximum Gasteiger partial charge on any atom is 0.339 e. The van der Waals surface area contributed by atoms with Gasteiger partial charge < -0.3 is 4.18 Å². The molecule has 0 amide bonds. The zero-order valence-corrected chi connectivity index (χ0v) is 12.5. The van der Waals surface area contributed by atoms with Crippen LogP contribution in [0.1, 0.15) is 24.5 Å². The Morgan fingerprint density at radius 2 is 1.75 bits per heavy atom. The molecule has 2 aromatic carbocycles. The van der Waals surface area contributed by atoms with Gasteiger partial charge in [0.2, 0.25) is 0 Å². The maximum atomic E-state index is 12.1. The summed E-state index contributed by atoms with van der Waals surface area (Å²) in [5.41, 5.74) is 2.02. The van der Waals surface area contributed by atoms with Crippen molar-refractivity contribution in [2.75, 3.05) is 0 Å². The van der Waals surface area contributed by atoms with Gasteiger partial charge in [0.1, 0.15) is 10.6 Å². The molecule has 0 aliphatic carbocycles. The molecule has 0 radical (unpaired) electrons. The van der Waals surface area contributed by atoms with E-state index in [1.165, 1.54) is 17.7 Å². The third kappa shape index (κ3) is 3.39. The summed E-state index contributed by atoms with van der Waals surface area (Å²) in [5, 5.41) is 0. The van der Waals surface area contributed by atoms with Crippen molar-refractivity contribution in [3.8, 4) is 5.75 Å². The van der Waals surface area contributed by atoms with Crippen molar-refractivity contribution in [3.05, 3.63) is 59.7 Å². The molecule has 0 heterocycles. The quantitative estimate of drug-likeness (QED) is 0.788. The topological polar surface area (TPSA) is 43.4 Å². The lowest BCUT2D eigenvalue weighted by Gasteiger charge is -2.10. The Bertz CT molecular complexity index is 676. The number of aryl methyl sites for hydroxylation is 2. The molecule has 3 nitrogen and oxygen atoms in total. The highest BCUT2D eigenvalue weighted by Gasteiger charge is 2.17. The second-order valence-electron chi connectivity index (χ2n) is 4.70. The van der Waals surface area contributed by atoms with E-state index in [1.807, 2.05) is 19.1 Å². The van der Waals surface area contributed by atoms with Crippen molar-refractivity contribution >= 4 is 10.1 Å². The van der Waals surface area contributed by atoms with E-state index >= 15 is 0 Å². The molecule has 2 aromatic rings. The van der Waals surface area contributed by atoms with Crippen LogP contribution in [-0.4, -0.2) is 8.42 Å². The standard InChI is InChI=1S/C16H18O3S/c1-3-7-14-10-11-16(13(2)12-14)19-20(17,18)15-8-5-4-6-9-15/h4-6,8-12H,3,7H2,1-2H3. The minimum absolute atomic E-state index is 0.164. The van der Waals surface area contributed by atoms with E-state index in [1.54, 1.807) is 24.3 Å². The van der Waals surface area contributed by atoms with Gasteiger partial charge in [0.25, 0.3) is 0 Å². The van der Waals surface area contributed by atoms with Gasteiger partial charge in [-0.05, 0) is 42.7 Å². The molecule has 106 valence electrons. The highest BCUT2D eigenvalue weighted by molar-refractivity contribution is 7.87. The predicted octanol–water partition coefficient (Wildman–Crippen LogP) is 3.72. The Balaban J connectivity index is 2.26. The first kappa shape index (κ1) is 14.6. The van der Waals surface area contributed by atoms with Crippen LogP contribution in [0.4, 0.5) is 0 Å². The fourth-order valence-corrected chi connectivity index (χ4v) is 3.01. The van der Waals surface area contributed by atoms with Gasteiger partial charge in [-0.3, -0.25) is 0 Å². The fourth-order valence-electron chi connectivity index (χ4n) is 2.00. The van der Waals surface area contributed by atoms with Crippen LogP contribution in [-0.2, 0) is 16.5 Å². The van der Waals surface area contributed by atoms with E-state index in [4.69, 9.17) is 4.18 Å². The number of rotatable bonds is 5. The Hall–Kier alpha value is -1.81. The van der Waals surface area contributed by atoms with Crippen molar-refractivity contribution in [2.45, 2.75) is 31.6 Å². The summed E-state index contributed by atoms with van der Waals surface area (Å²) in [5.74, 6) is 0.383. The zero-order valence-electron chi connectivity index (χ0n) is 11.7. The van der Waals surface area contributed by atoms with Crippen molar-refractivity contribution in [3.63, 3.8) is 0 Å². The van der Waals surface area contributed by atoms with E-state index in [9.17, 15) is 8.42 Å². The summed E-state index contributed by atoms with van der Waals surface area (Å²) < 4.78 is 29.5. The Kier molecular flexibility index (Phi) is 4.45. The van der Waals surface area contributed by atoms with Gasteiger partial charge in [-0.2, -0.15) is 8.42 Å². The van der Waals surface area contributed by atoms with Crippen LogP contribution in [0.15, 0.2) is 53.4 Å². The molecular weight excluding hydrogens is 272 g/mol. The molecule has 4 heteroatoms. The second kappa shape index (κ2) is 6.09. The smallest absolute Gasteiger partial charge is 0.339 e. The van der Waals surface area contributed by atoms with Crippen LogP contribution in [0, 0.1) is 6.92 Å². The summed E-state index contributed by atoms with van der Waals surface area (Å²) in [6.07, 6.45) is 2.04. The number of benzene rings is 2. The Morgan fingerprint density at radius 3 is 2.35 bits per heavy atom. The first-order valence-corrected chi connectivity index (χ1v) is 8.03. The first-order valence-electron chi connectivity index (χ1n) is 6.62.